The molecule has 1 N–H and O–H groups in total. The van der Waals surface area contributed by atoms with Crippen molar-refractivity contribution in [3.05, 3.63) is 92.4 Å². The predicted molar refractivity (Wildman–Crippen MR) is 129 cm³/mol. The Hall–Kier alpha value is -3.83. The molecule has 1 aromatic carbocycles. The monoisotopic (exact) mass is 531 g/mol. The second-order valence-electron chi connectivity index (χ2n) is 8.72. The van der Waals surface area contributed by atoms with Crippen LogP contribution in [0.2, 0.25) is 5.02 Å². The van der Waals surface area contributed by atoms with E-state index in [0.29, 0.717) is 6.07 Å². The number of ether oxygens (including phenoxy) is 1. The van der Waals surface area contributed by atoms with Gasteiger partial charge in [0.2, 0.25) is 5.88 Å². The highest BCUT2D eigenvalue weighted by molar-refractivity contribution is 6.32. The molecule has 12 heteroatoms. The molecular weight excluding hydrogens is 511 g/mol. The minimum absolute atomic E-state index is 0.0137. The zero-order chi connectivity index (χ0) is 27.1. The first kappa shape index (κ1) is 26.2. The zero-order valence-corrected chi connectivity index (χ0v) is 20.9. The van der Waals surface area contributed by atoms with Gasteiger partial charge in [0.05, 0.1) is 28.7 Å². The number of benzene rings is 1. The SMILES string of the molecule is Cc1c(OCc2ncc(F)cc2F)nc(C)n(-c2cc(-c3nc(C(C)(C)O)ncc3F)ccc2Cl)c1=O. The normalized spacial score (nSPS) is 11.6. The Bertz CT molecular complexity index is 1570. The number of rotatable bonds is 6. The smallest absolute Gasteiger partial charge is 0.264 e. The number of aryl methyl sites for hydroxylation is 1. The largest absolute Gasteiger partial charge is 0.471 e. The molecule has 3 heterocycles. The van der Waals surface area contributed by atoms with E-state index in [9.17, 15) is 23.1 Å². The molecule has 37 heavy (non-hydrogen) atoms. The summed E-state index contributed by atoms with van der Waals surface area (Å²) in [6.07, 6.45) is 1.81. The van der Waals surface area contributed by atoms with Crippen LogP contribution < -0.4 is 10.3 Å². The summed E-state index contributed by atoms with van der Waals surface area (Å²) in [6, 6.07) is 5.14. The van der Waals surface area contributed by atoms with Crippen molar-refractivity contribution in [3.8, 4) is 22.8 Å². The van der Waals surface area contributed by atoms with Crippen LogP contribution in [0.3, 0.4) is 0 Å². The molecule has 0 amide bonds. The molecule has 0 atom stereocenters. The quantitative estimate of drug-likeness (QED) is 0.388. The van der Waals surface area contributed by atoms with Crippen LogP contribution in [0.1, 0.15) is 36.8 Å². The van der Waals surface area contributed by atoms with Crippen LogP contribution >= 0.6 is 11.6 Å². The number of nitrogens with zero attached hydrogens (tertiary/aromatic N) is 5. The zero-order valence-electron chi connectivity index (χ0n) is 20.2. The third kappa shape index (κ3) is 5.32. The van der Waals surface area contributed by atoms with Gasteiger partial charge in [-0.2, -0.15) is 4.98 Å². The summed E-state index contributed by atoms with van der Waals surface area (Å²) in [5.41, 5.74) is -1.60. The highest BCUT2D eigenvalue weighted by atomic mass is 35.5. The maximum Gasteiger partial charge on any atom is 0.264 e. The maximum absolute atomic E-state index is 14.6. The van der Waals surface area contributed by atoms with Gasteiger partial charge < -0.3 is 9.84 Å². The Morgan fingerprint density at radius 2 is 1.78 bits per heavy atom. The van der Waals surface area contributed by atoms with E-state index >= 15 is 0 Å². The molecule has 0 radical (unpaired) electrons. The first-order valence-electron chi connectivity index (χ1n) is 11.0. The fraction of sp³-hybridized carbons (Fsp3) is 0.240. The fourth-order valence-corrected chi connectivity index (χ4v) is 3.69. The van der Waals surface area contributed by atoms with E-state index in [0.717, 1.165) is 12.4 Å². The van der Waals surface area contributed by atoms with Gasteiger partial charge in [-0.3, -0.25) is 14.3 Å². The van der Waals surface area contributed by atoms with Gasteiger partial charge >= 0.3 is 0 Å². The third-order valence-electron chi connectivity index (χ3n) is 5.41. The Kier molecular flexibility index (Phi) is 7.03. The summed E-state index contributed by atoms with van der Waals surface area (Å²) in [7, 11) is 0. The van der Waals surface area contributed by atoms with Crippen molar-refractivity contribution in [2.75, 3.05) is 0 Å². The van der Waals surface area contributed by atoms with Crippen LogP contribution in [0.15, 0.2) is 41.5 Å². The van der Waals surface area contributed by atoms with E-state index in [2.05, 4.69) is 19.9 Å². The van der Waals surface area contributed by atoms with Crippen molar-refractivity contribution in [3.63, 3.8) is 0 Å². The lowest BCUT2D eigenvalue weighted by Crippen LogP contribution is -2.25. The van der Waals surface area contributed by atoms with Crippen molar-refractivity contribution >= 4 is 11.6 Å². The number of aromatic nitrogens is 5. The lowest BCUT2D eigenvalue weighted by atomic mass is 10.1. The third-order valence-corrected chi connectivity index (χ3v) is 5.73. The summed E-state index contributed by atoms with van der Waals surface area (Å²) in [4.78, 5) is 29.3. The molecule has 0 unspecified atom stereocenters. The molecule has 4 rings (SSSR count). The molecule has 8 nitrogen and oxygen atoms in total. The lowest BCUT2D eigenvalue weighted by Gasteiger charge is -2.18. The van der Waals surface area contributed by atoms with E-state index in [1.165, 1.54) is 50.5 Å². The van der Waals surface area contributed by atoms with Crippen molar-refractivity contribution in [2.24, 2.45) is 0 Å². The van der Waals surface area contributed by atoms with E-state index in [1.807, 2.05) is 0 Å². The molecule has 0 fully saturated rings. The molecule has 0 bridgehead atoms. The van der Waals surface area contributed by atoms with Gasteiger partial charge in [-0.15, -0.1) is 0 Å². The Morgan fingerprint density at radius 3 is 2.46 bits per heavy atom. The first-order chi connectivity index (χ1) is 17.4. The van der Waals surface area contributed by atoms with Crippen molar-refractivity contribution in [1.29, 1.82) is 0 Å². The van der Waals surface area contributed by atoms with Crippen LogP contribution in [0.5, 0.6) is 5.88 Å². The highest BCUT2D eigenvalue weighted by Gasteiger charge is 2.23. The van der Waals surface area contributed by atoms with Crippen LogP contribution in [0, 0.1) is 31.3 Å². The summed E-state index contributed by atoms with van der Waals surface area (Å²) in [5.74, 6) is -2.32. The number of halogens is 4. The standard InChI is InChI=1S/C25H21ClF3N5O3/c1-12-22(37-11-19-17(28)8-15(27)9-30-19)32-13(2)34(23(12)35)20-7-14(5-6-16(20)26)21-18(29)10-31-24(33-21)25(3,4)36/h5-10,36H,11H2,1-4H3. The molecule has 0 aliphatic rings. The van der Waals surface area contributed by atoms with Crippen LogP contribution in [0.25, 0.3) is 16.9 Å². The maximum atomic E-state index is 14.6. The van der Waals surface area contributed by atoms with Gasteiger partial charge in [0, 0.05) is 11.6 Å². The van der Waals surface area contributed by atoms with Gasteiger partial charge in [-0.1, -0.05) is 17.7 Å². The first-order valence-corrected chi connectivity index (χ1v) is 11.3. The second kappa shape index (κ2) is 9.91. The fourth-order valence-electron chi connectivity index (χ4n) is 3.49. The molecule has 0 saturated heterocycles. The number of hydrogen-bond donors (Lipinski definition) is 1. The molecule has 0 spiro atoms. The molecular formula is C25H21ClF3N5O3. The summed E-state index contributed by atoms with van der Waals surface area (Å²) in [5, 5.41) is 10.4. The Morgan fingerprint density at radius 1 is 1.05 bits per heavy atom. The van der Waals surface area contributed by atoms with Gasteiger partial charge in [0.15, 0.2) is 17.5 Å². The van der Waals surface area contributed by atoms with Crippen molar-refractivity contribution in [2.45, 2.75) is 39.9 Å². The number of hydrogen-bond acceptors (Lipinski definition) is 7. The predicted octanol–water partition coefficient (Wildman–Crippen LogP) is 4.58. The van der Waals surface area contributed by atoms with Gasteiger partial charge in [-0.05, 0) is 39.8 Å². The summed E-state index contributed by atoms with van der Waals surface area (Å²) < 4.78 is 48.4. The Balaban J connectivity index is 1.75. The van der Waals surface area contributed by atoms with Crippen molar-refractivity contribution in [1.82, 2.24) is 24.5 Å². The average molecular weight is 532 g/mol. The lowest BCUT2D eigenvalue weighted by molar-refractivity contribution is 0.0686. The summed E-state index contributed by atoms with van der Waals surface area (Å²) in [6.45, 7) is 5.56. The molecule has 0 aliphatic carbocycles. The minimum Gasteiger partial charge on any atom is -0.471 e. The van der Waals surface area contributed by atoms with Crippen LogP contribution in [-0.2, 0) is 12.2 Å². The van der Waals surface area contributed by atoms with E-state index in [4.69, 9.17) is 16.3 Å². The van der Waals surface area contributed by atoms with Gasteiger partial charge in [0.25, 0.3) is 5.56 Å². The van der Waals surface area contributed by atoms with Crippen molar-refractivity contribution < 1.29 is 23.0 Å². The average Bonchev–Trinajstić information content (AvgIpc) is 2.82. The molecule has 4 aromatic rings. The minimum atomic E-state index is -1.41. The summed E-state index contributed by atoms with van der Waals surface area (Å²) >= 11 is 6.40. The topological polar surface area (TPSA) is 103 Å². The molecule has 192 valence electrons. The Labute approximate surface area is 214 Å². The van der Waals surface area contributed by atoms with E-state index < -0.39 is 28.6 Å². The van der Waals surface area contributed by atoms with Gasteiger partial charge in [-0.25, -0.2) is 23.1 Å². The number of pyridine rings is 1. The molecule has 0 aliphatic heterocycles. The molecule has 0 saturated carbocycles. The van der Waals surface area contributed by atoms with Crippen LogP contribution in [-0.4, -0.2) is 29.6 Å². The highest BCUT2D eigenvalue weighted by Crippen LogP contribution is 2.30. The van der Waals surface area contributed by atoms with Gasteiger partial charge in [0.1, 0.15) is 35.2 Å². The van der Waals surface area contributed by atoms with Crippen LogP contribution in [0.4, 0.5) is 13.2 Å². The van der Waals surface area contributed by atoms with E-state index in [-0.39, 0.29) is 57.4 Å². The number of aliphatic hydroxyl groups is 1. The van der Waals surface area contributed by atoms with E-state index in [1.54, 1.807) is 0 Å². The molecule has 3 aromatic heterocycles. The second-order valence-corrected chi connectivity index (χ2v) is 9.12.